The molecule has 0 radical (unpaired) electrons. The van der Waals surface area contributed by atoms with E-state index in [4.69, 9.17) is 14.5 Å². The summed E-state index contributed by atoms with van der Waals surface area (Å²) in [5, 5.41) is 4.54. The summed E-state index contributed by atoms with van der Waals surface area (Å²) in [6, 6.07) is 17.4. The van der Waals surface area contributed by atoms with Gasteiger partial charge in [0.05, 0.1) is 60.4 Å². The first-order chi connectivity index (χ1) is 29.1. The van der Waals surface area contributed by atoms with Gasteiger partial charge in [-0.2, -0.15) is 46.3 Å². The van der Waals surface area contributed by atoms with E-state index in [9.17, 15) is 26.3 Å². The first-order valence-corrected chi connectivity index (χ1v) is 19.9. The molecule has 8 rings (SSSR count). The molecule has 2 aromatic carbocycles. The average Bonchev–Trinajstić information content (AvgIpc) is 3.25. The van der Waals surface area contributed by atoms with Crippen molar-refractivity contribution in [2.75, 3.05) is 66.6 Å². The van der Waals surface area contributed by atoms with Crippen molar-refractivity contribution in [3.8, 4) is 0 Å². The number of rotatable bonds is 8. The van der Waals surface area contributed by atoms with Gasteiger partial charge in [-0.15, -0.1) is 0 Å². The molecular formula is C43H46F6N10O2. The van der Waals surface area contributed by atoms with Crippen molar-refractivity contribution in [3.63, 3.8) is 0 Å². The third-order valence-corrected chi connectivity index (χ3v) is 10.4. The molecule has 322 valence electrons. The number of anilines is 4. The smallest absolute Gasteiger partial charge is 0.377 e. The molecule has 1 N–H and O–H groups in total. The fourth-order valence-corrected chi connectivity index (χ4v) is 7.35. The van der Waals surface area contributed by atoms with E-state index in [1.165, 1.54) is 24.3 Å². The van der Waals surface area contributed by atoms with Gasteiger partial charge in [-0.25, -0.2) is 9.97 Å². The first kappa shape index (κ1) is 43.2. The lowest BCUT2D eigenvalue weighted by Gasteiger charge is -2.38. The van der Waals surface area contributed by atoms with Crippen molar-refractivity contribution in [2.45, 2.75) is 64.2 Å². The minimum absolute atomic E-state index is 0.0884. The minimum atomic E-state index is -4.46. The summed E-state index contributed by atoms with van der Waals surface area (Å²) in [5.41, 5.74) is 0.00112. The standard InChI is InChI=1S/C22H24F3N5O.C21H22F3N5O/c1-14(2)29(3)21-27-19-16(8-6-10-26-19)20(28-21)30-11-12-31-13-18(30)15-7-4-5-9-17(15)22(23,24)25;1-13(2)26-20-27-18-15(7-5-9-25-18)19(28-20)29-10-11-30-12-17(29)14-6-3-4-8-16(14)21(22,23)24/h4-10,14,18H,11-13H2,1-3H3;3-9,13,17H,10-12H2,1-2H3,(H,25,26,27,28). The Morgan fingerprint density at radius 1 is 0.639 bits per heavy atom. The van der Waals surface area contributed by atoms with E-state index < -0.39 is 35.6 Å². The lowest BCUT2D eigenvalue weighted by atomic mass is 9.98. The zero-order valence-corrected chi connectivity index (χ0v) is 34.2. The molecule has 0 saturated carbocycles. The predicted molar refractivity (Wildman–Crippen MR) is 222 cm³/mol. The molecule has 0 amide bonds. The molecule has 12 nitrogen and oxygen atoms in total. The number of ether oxygens (including phenoxy) is 2. The number of halogens is 6. The first-order valence-electron chi connectivity index (χ1n) is 19.9. The van der Waals surface area contributed by atoms with Crippen LogP contribution in [0.5, 0.6) is 0 Å². The van der Waals surface area contributed by atoms with Crippen molar-refractivity contribution < 1.29 is 35.8 Å². The predicted octanol–water partition coefficient (Wildman–Crippen LogP) is 8.91. The van der Waals surface area contributed by atoms with Crippen molar-refractivity contribution >= 4 is 45.6 Å². The Morgan fingerprint density at radius 3 is 1.59 bits per heavy atom. The Kier molecular flexibility index (Phi) is 12.7. The highest BCUT2D eigenvalue weighted by Crippen LogP contribution is 2.42. The van der Waals surface area contributed by atoms with E-state index in [0.717, 1.165) is 12.1 Å². The monoisotopic (exact) mass is 848 g/mol. The van der Waals surface area contributed by atoms with Crippen LogP contribution in [0.1, 0.15) is 62.0 Å². The molecule has 2 aliphatic rings. The van der Waals surface area contributed by atoms with Crippen molar-refractivity contribution in [2.24, 2.45) is 0 Å². The number of alkyl halides is 6. The van der Waals surface area contributed by atoms with E-state index in [-0.39, 0.29) is 36.4 Å². The Labute approximate surface area is 349 Å². The van der Waals surface area contributed by atoms with Crippen LogP contribution in [0.2, 0.25) is 0 Å². The lowest BCUT2D eigenvalue weighted by molar-refractivity contribution is -0.139. The second kappa shape index (κ2) is 18.0. The number of aromatic nitrogens is 6. The van der Waals surface area contributed by atoms with E-state index in [0.29, 0.717) is 71.9 Å². The molecular weight excluding hydrogens is 803 g/mol. The zero-order valence-electron chi connectivity index (χ0n) is 34.2. The van der Waals surface area contributed by atoms with Gasteiger partial charge in [0, 0.05) is 44.6 Å². The number of pyridine rings is 2. The lowest BCUT2D eigenvalue weighted by Crippen LogP contribution is -2.41. The summed E-state index contributed by atoms with van der Waals surface area (Å²) >= 11 is 0. The molecule has 4 aromatic heterocycles. The van der Waals surface area contributed by atoms with Crippen LogP contribution in [-0.2, 0) is 21.8 Å². The number of hydrogen-bond donors (Lipinski definition) is 1. The Bertz CT molecular complexity index is 2450. The third kappa shape index (κ3) is 9.54. The van der Waals surface area contributed by atoms with Crippen molar-refractivity contribution in [3.05, 3.63) is 107 Å². The Morgan fingerprint density at radius 2 is 1.11 bits per heavy atom. The summed E-state index contributed by atoms with van der Waals surface area (Å²) in [5.74, 6) is 1.97. The number of benzene rings is 2. The molecule has 0 spiro atoms. The summed E-state index contributed by atoms with van der Waals surface area (Å²) in [7, 11) is 1.88. The van der Waals surface area contributed by atoms with Gasteiger partial charge in [0.1, 0.15) is 11.6 Å². The molecule has 2 atom stereocenters. The Balaban J connectivity index is 0.000000184. The molecule has 6 heterocycles. The second-order valence-electron chi connectivity index (χ2n) is 15.2. The second-order valence-corrected chi connectivity index (χ2v) is 15.2. The summed E-state index contributed by atoms with van der Waals surface area (Å²) in [6.45, 7) is 9.81. The number of fused-ring (bicyclic) bond motifs is 2. The van der Waals surface area contributed by atoms with Gasteiger partial charge in [0.2, 0.25) is 11.9 Å². The van der Waals surface area contributed by atoms with Crippen LogP contribution in [0.3, 0.4) is 0 Å². The van der Waals surface area contributed by atoms with Crippen LogP contribution in [0.25, 0.3) is 22.1 Å². The fourth-order valence-electron chi connectivity index (χ4n) is 7.35. The summed E-state index contributed by atoms with van der Waals surface area (Å²) in [4.78, 5) is 32.8. The highest BCUT2D eigenvalue weighted by atomic mass is 19.4. The average molecular weight is 849 g/mol. The van der Waals surface area contributed by atoms with Crippen molar-refractivity contribution in [1.82, 2.24) is 29.9 Å². The van der Waals surface area contributed by atoms with Gasteiger partial charge >= 0.3 is 12.4 Å². The maximum atomic E-state index is 13.7. The van der Waals surface area contributed by atoms with Gasteiger partial charge in [-0.3, -0.25) is 0 Å². The van der Waals surface area contributed by atoms with Crippen LogP contribution in [-0.4, -0.2) is 88.6 Å². The topological polar surface area (TPSA) is 118 Å². The number of morpholine rings is 2. The molecule has 2 fully saturated rings. The fraction of sp³-hybridized carbons (Fsp3) is 0.395. The maximum Gasteiger partial charge on any atom is 0.416 e. The molecule has 61 heavy (non-hydrogen) atoms. The number of hydrogen-bond acceptors (Lipinski definition) is 12. The summed E-state index contributed by atoms with van der Waals surface area (Å²) in [6.07, 6.45) is -5.64. The molecule has 18 heteroatoms. The SMILES string of the molecule is CC(C)N(C)c1nc(N2CCOCC2c2ccccc2C(F)(F)F)c2cccnc2n1.CC(C)Nc1nc(N2CCOCC2c2ccccc2C(F)(F)F)c2cccnc2n1. The quantitative estimate of drug-likeness (QED) is 0.148. The van der Waals surface area contributed by atoms with Gasteiger partial charge in [0.25, 0.3) is 0 Å². The van der Waals surface area contributed by atoms with E-state index >= 15 is 0 Å². The van der Waals surface area contributed by atoms with E-state index in [2.05, 4.69) is 30.2 Å². The third-order valence-electron chi connectivity index (χ3n) is 10.4. The number of nitrogens with zero attached hydrogens (tertiary/aromatic N) is 9. The van der Waals surface area contributed by atoms with Crippen LogP contribution in [0.15, 0.2) is 85.2 Å². The van der Waals surface area contributed by atoms with Crippen LogP contribution < -0.4 is 20.0 Å². The van der Waals surface area contributed by atoms with Gasteiger partial charge in [-0.05, 0) is 75.2 Å². The molecule has 2 aliphatic heterocycles. The largest absolute Gasteiger partial charge is 0.416 e. The van der Waals surface area contributed by atoms with E-state index in [1.54, 1.807) is 36.7 Å². The van der Waals surface area contributed by atoms with Crippen LogP contribution in [0.4, 0.5) is 49.9 Å². The van der Waals surface area contributed by atoms with Gasteiger partial charge in [0.15, 0.2) is 11.3 Å². The Hall–Kier alpha value is -5.88. The van der Waals surface area contributed by atoms with E-state index in [1.807, 2.05) is 61.6 Å². The highest BCUT2D eigenvalue weighted by molar-refractivity contribution is 5.89. The molecule has 2 saturated heterocycles. The van der Waals surface area contributed by atoms with Crippen LogP contribution in [0, 0.1) is 0 Å². The van der Waals surface area contributed by atoms with Gasteiger partial charge < -0.3 is 29.5 Å². The molecule has 0 aliphatic carbocycles. The van der Waals surface area contributed by atoms with Crippen molar-refractivity contribution in [1.29, 1.82) is 0 Å². The molecule has 2 unspecified atom stereocenters. The highest BCUT2D eigenvalue weighted by Gasteiger charge is 2.40. The molecule has 6 aromatic rings. The minimum Gasteiger partial charge on any atom is -0.377 e. The normalized spacial score (nSPS) is 17.5. The molecule has 0 bridgehead atoms. The number of nitrogens with one attached hydrogen (secondary N) is 1. The van der Waals surface area contributed by atoms with Crippen LogP contribution >= 0.6 is 0 Å². The summed E-state index contributed by atoms with van der Waals surface area (Å²) < 4.78 is 93.5. The zero-order chi connectivity index (χ0) is 43.5. The maximum absolute atomic E-state index is 13.7. The van der Waals surface area contributed by atoms with Gasteiger partial charge in [-0.1, -0.05) is 36.4 Å².